The molecule has 1 saturated carbocycles. The lowest BCUT2D eigenvalue weighted by Crippen LogP contribution is -2.27. The quantitative estimate of drug-likeness (QED) is 0.864. The first-order chi connectivity index (χ1) is 8.69. The first-order valence-corrected chi connectivity index (χ1v) is 6.99. The largest absolute Gasteiger partial charge is 0.365 e. The van der Waals surface area contributed by atoms with Gasteiger partial charge in [0.25, 0.3) is 0 Å². The first-order valence-electron chi connectivity index (χ1n) is 6.20. The molecular formula is C13H16BrFN2O. The number of carbonyl (C=O) groups is 1. The van der Waals surface area contributed by atoms with Crippen LogP contribution in [0.15, 0.2) is 16.7 Å². The van der Waals surface area contributed by atoms with Crippen molar-refractivity contribution in [2.75, 3.05) is 5.32 Å². The smallest absolute Gasteiger partial charge is 0.166 e. The standard InChI is InChI=1S/C13H16BrFN2O/c14-10-7-12(15)13(16-8-10)17-11-3-1-9(2-4-11)5-6-18/h6-9,11H,1-5H2,(H,16,17). The lowest BCUT2D eigenvalue weighted by molar-refractivity contribution is -0.108. The topological polar surface area (TPSA) is 42.0 Å². The van der Waals surface area contributed by atoms with E-state index in [2.05, 4.69) is 26.2 Å². The lowest BCUT2D eigenvalue weighted by Gasteiger charge is -2.28. The molecule has 1 aromatic heterocycles. The van der Waals surface area contributed by atoms with Gasteiger partial charge in [-0.1, -0.05) is 0 Å². The first kappa shape index (κ1) is 13.5. The molecule has 1 fully saturated rings. The maximum Gasteiger partial charge on any atom is 0.166 e. The second-order valence-corrected chi connectivity index (χ2v) is 5.66. The third-order valence-electron chi connectivity index (χ3n) is 3.42. The molecule has 0 bridgehead atoms. The van der Waals surface area contributed by atoms with E-state index in [1.54, 1.807) is 6.20 Å². The van der Waals surface area contributed by atoms with E-state index in [0.29, 0.717) is 22.6 Å². The van der Waals surface area contributed by atoms with Gasteiger partial charge in [0.2, 0.25) is 0 Å². The highest BCUT2D eigenvalue weighted by molar-refractivity contribution is 9.10. The zero-order valence-electron chi connectivity index (χ0n) is 10.0. The van der Waals surface area contributed by atoms with Crippen molar-refractivity contribution in [2.45, 2.75) is 38.1 Å². The molecule has 0 aromatic carbocycles. The maximum absolute atomic E-state index is 13.6. The van der Waals surface area contributed by atoms with Crippen LogP contribution in [0.3, 0.4) is 0 Å². The molecular weight excluding hydrogens is 299 g/mol. The number of halogens is 2. The van der Waals surface area contributed by atoms with Gasteiger partial charge in [0.1, 0.15) is 6.29 Å². The Morgan fingerprint density at radius 2 is 2.17 bits per heavy atom. The minimum absolute atomic E-state index is 0.260. The second-order valence-electron chi connectivity index (χ2n) is 4.75. The van der Waals surface area contributed by atoms with Gasteiger partial charge in [-0.15, -0.1) is 0 Å². The minimum Gasteiger partial charge on any atom is -0.365 e. The maximum atomic E-state index is 13.6. The van der Waals surface area contributed by atoms with Crippen LogP contribution < -0.4 is 5.32 Å². The Bertz CT molecular complexity index is 419. The van der Waals surface area contributed by atoms with Crippen LogP contribution in [0.2, 0.25) is 0 Å². The third kappa shape index (κ3) is 3.51. The molecule has 5 heteroatoms. The predicted octanol–water partition coefficient (Wildman–Crippen LogP) is 3.54. The fourth-order valence-electron chi connectivity index (χ4n) is 2.39. The van der Waals surface area contributed by atoms with Crippen molar-refractivity contribution in [3.8, 4) is 0 Å². The molecule has 1 aromatic rings. The van der Waals surface area contributed by atoms with Crippen molar-refractivity contribution in [3.63, 3.8) is 0 Å². The highest BCUT2D eigenvalue weighted by Crippen LogP contribution is 2.28. The van der Waals surface area contributed by atoms with Crippen LogP contribution in [-0.2, 0) is 4.79 Å². The molecule has 0 radical (unpaired) electrons. The van der Waals surface area contributed by atoms with Crippen molar-refractivity contribution in [3.05, 3.63) is 22.6 Å². The summed E-state index contributed by atoms with van der Waals surface area (Å²) < 4.78 is 14.2. The van der Waals surface area contributed by atoms with Gasteiger partial charge in [0, 0.05) is 23.1 Å². The van der Waals surface area contributed by atoms with Crippen LogP contribution in [0.25, 0.3) is 0 Å². The summed E-state index contributed by atoms with van der Waals surface area (Å²) in [6, 6.07) is 1.67. The summed E-state index contributed by atoms with van der Waals surface area (Å²) in [5.74, 6) is 0.486. The van der Waals surface area contributed by atoms with Gasteiger partial charge < -0.3 is 10.1 Å². The van der Waals surface area contributed by atoms with Crippen LogP contribution in [0.1, 0.15) is 32.1 Å². The number of nitrogens with one attached hydrogen (secondary N) is 1. The molecule has 1 aliphatic rings. The number of hydrogen-bond acceptors (Lipinski definition) is 3. The van der Waals surface area contributed by atoms with Gasteiger partial charge in [0.15, 0.2) is 11.6 Å². The summed E-state index contributed by atoms with van der Waals surface area (Å²) in [4.78, 5) is 14.5. The number of aldehydes is 1. The summed E-state index contributed by atoms with van der Waals surface area (Å²) in [6.45, 7) is 0. The van der Waals surface area contributed by atoms with Gasteiger partial charge >= 0.3 is 0 Å². The molecule has 2 rings (SSSR count). The molecule has 0 aliphatic heterocycles. The Hall–Kier alpha value is -0.970. The number of rotatable bonds is 4. The molecule has 3 nitrogen and oxygen atoms in total. The zero-order chi connectivity index (χ0) is 13.0. The average Bonchev–Trinajstić information content (AvgIpc) is 2.35. The lowest BCUT2D eigenvalue weighted by atomic mass is 9.84. The molecule has 0 saturated heterocycles. The Kier molecular flexibility index (Phi) is 4.69. The summed E-state index contributed by atoms with van der Waals surface area (Å²) in [6.07, 6.45) is 7.21. The van der Waals surface area contributed by atoms with Crippen molar-refractivity contribution in [1.29, 1.82) is 0 Å². The van der Waals surface area contributed by atoms with Gasteiger partial charge in [-0.05, 0) is 53.6 Å². The molecule has 0 atom stereocenters. The van der Waals surface area contributed by atoms with E-state index in [4.69, 9.17) is 0 Å². The number of carbonyl (C=O) groups excluding carboxylic acids is 1. The van der Waals surface area contributed by atoms with Gasteiger partial charge in [-0.3, -0.25) is 0 Å². The number of nitrogens with zero attached hydrogens (tertiary/aromatic N) is 1. The molecule has 18 heavy (non-hydrogen) atoms. The minimum atomic E-state index is -0.334. The molecule has 1 heterocycles. The fraction of sp³-hybridized carbons (Fsp3) is 0.538. The third-order valence-corrected chi connectivity index (χ3v) is 3.86. The fourth-order valence-corrected chi connectivity index (χ4v) is 2.70. The zero-order valence-corrected chi connectivity index (χ0v) is 11.6. The molecule has 1 aliphatic carbocycles. The summed E-state index contributed by atoms with van der Waals surface area (Å²) in [7, 11) is 0. The molecule has 98 valence electrons. The Morgan fingerprint density at radius 3 is 2.78 bits per heavy atom. The van der Waals surface area contributed by atoms with Gasteiger partial charge in [-0.2, -0.15) is 0 Å². The SMILES string of the molecule is O=CCC1CCC(Nc2ncc(Br)cc2F)CC1. The van der Waals surface area contributed by atoms with Crippen molar-refractivity contribution in [1.82, 2.24) is 4.98 Å². The number of anilines is 1. The van der Waals surface area contributed by atoms with Crippen molar-refractivity contribution < 1.29 is 9.18 Å². The molecule has 1 N–H and O–H groups in total. The number of aromatic nitrogens is 1. The van der Waals surface area contributed by atoms with Gasteiger partial charge in [-0.25, -0.2) is 9.37 Å². The monoisotopic (exact) mass is 314 g/mol. The Labute approximate surface area is 114 Å². The summed E-state index contributed by atoms with van der Waals surface area (Å²) in [5, 5.41) is 3.14. The summed E-state index contributed by atoms with van der Waals surface area (Å²) >= 11 is 3.18. The molecule has 0 unspecified atom stereocenters. The van der Waals surface area contributed by atoms with Crippen LogP contribution >= 0.6 is 15.9 Å². The van der Waals surface area contributed by atoms with Crippen LogP contribution in [0.5, 0.6) is 0 Å². The van der Waals surface area contributed by atoms with E-state index in [1.807, 2.05) is 0 Å². The van der Waals surface area contributed by atoms with E-state index in [0.717, 1.165) is 32.0 Å². The van der Waals surface area contributed by atoms with Gasteiger partial charge in [0.05, 0.1) is 0 Å². The number of hydrogen-bond donors (Lipinski definition) is 1. The predicted molar refractivity (Wildman–Crippen MR) is 71.9 cm³/mol. The van der Waals surface area contributed by atoms with Crippen LogP contribution in [-0.4, -0.2) is 17.3 Å². The van der Waals surface area contributed by atoms with E-state index in [9.17, 15) is 9.18 Å². The van der Waals surface area contributed by atoms with E-state index in [1.165, 1.54) is 6.07 Å². The molecule has 0 amide bonds. The Balaban J connectivity index is 1.89. The van der Waals surface area contributed by atoms with E-state index >= 15 is 0 Å². The van der Waals surface area contributed by atoms with E-state index in [-0.39, 0.29) is 11.9 Å². The van der Waals surface area contributed by atoms with Crippen LogP contribution in [0, 0.1) is 11.7 Å². The highest BCUT2D eigenvalue weighted by Gasteiger charge is 2.21. The highest BCUT2D eigenvalue weighted by atomic mass is 79.9. The van der Waals surface area contributed by atoms with Crippen LogP contribution in [0.4, 0.5) is 10.2 Å². The normalized spacial score (nSPS) is 23.7. The molecule has 0 spiro atoms. The second kappa shape index (κ2) is 6.27. The average molecular weight is 315 g/mol. The summed E-state index contributed by atoms with van der Waals surface area (Å²) in [5.41, 5.74) is 0. The Morgan fingerprint density at radius 1 is 1.44 bits per heavy atom. The number of pyridine rings is 1. The van der Waals surface area contributed by atoms with Crippen molar-refractivity contribution in [2.24, 2.45) is 5.92 Å². The van der Waals surface area contributed by atoms with Crippen molar-refractivity contribution >= 4 is 28.0 Å². The van der Waals surface area contributed by atoms with E-state index < -0.39 is 0 Å².